The summed E-state index contributed by atoms with van der Waals surface area (Å²) in [5, 5.41) is 8.17. The molecular weight excluding hydrogens is 299 g/mol. The van der Waals surface area contributed by atoms with Gasteiger partial charge in [-0.15, -0.1) is 23.2 Å². The van der Waals surface area contributed by atoms with Gasteiger partial charge in [-0.2, -0.15) is 10.1 Å². The van der Waals surface area contributed by atoms with Gasteiger partial charge in [-0.05, 0) is 25.7 Å². The second-order valence-electron chi connectivity index (χ2n) is 5.42. The van der Waals surface area contributed by atoms with Crippen LogP contribution in [0.3, 0.4) is 0 Å². The predicted molar refractivity (Wildman–Crippen MR) is 75.9 cm³/mol. The van der Waals surface area contributed by atoms with Gasteiger partial charge in [0.15, 0.2) is 5.82 Å². The van der Waals surface area contributed by atoms with Crippen molar-refractivity contribution in [1.29, 1.82) is 0 Å². The maximum absolute atomic E-state index is 6.00. The van der Waals surface area contributed by atoms with Gasteiger partial charge in [0, 0.05) is 25.2 Å². The van der Waals surface area contributed by atoms with Crippen LogP contribution < -0.4 is 0 Å². The highest BCUT2D eigenvalue weighted by molar-refractivity contribution is 6.50. The molecule has 0 saturated heterocycles. The fourth-order valence-electron chi connectivity index (χ4n) is 2.24. The van der Waals surface area contributed by atoms with E-state index in [2.05, 4.69) is 15.2 Å². The monoisotopic (exact) mass is 314 g/mol. The van der Waals surface area contributed by atoms with Gasteiger partial charge in [-0.1, -0.05) is 5.16 Å². The third-order valence-electron chi connectivity index (χ3n) is 3.75. The normalized spacial score (nSPS) is 21.9. The number of alkyl halides is 2. The molecule has 2 aromatic heterocycles. The van der Waals surface area contributed by atoms with Gasteiger partial charge in [0.25, 0.3) is 0 Å². The molecule has 2 atom stereocenters. The molecule has 1 aliphatic rings. The van der Waals surface area contributed by atoms with Crippen LogP contribution in [0.2, 0.25) is 0 Å². The van der Waals surface area contributed by atoms with Crippen molar-refractivity contribution < 1.29 is 4.52 Å². The lowest BCUT2D eigenvalue weighted by Gasteiger charge is -2.01. The van der Waals surface area contributed by atoms with Crippen LogP contribution in [0.25, 0.3) is 0 Å². The summed E-state index contributed by atoms with van der Waals surface area (Å²) in [5.74, 6) is 1.73. The lowest BCUT2D eigenvalue weighted by Crippen LogP contribution is -1.97. The van der Waals surface area contributed by atoms with Crippen molar-refractivity contribution in [2.75, 3.05) is 0 Å². The zero-order chi connectivity index (χ0) is 14.3. The number of hydrogen-bond donors (Lipinski definition) is 0. The molecule has 1 aliphatic carbocycles. The Bertz CT molecular complexity index is 607. The van der Waals surface area contributed by atoms with E-state index in [4.69, 9.17) is 27.7 Å². The molecule has 0 radical (unpaired) electrons. The van der Waals surface area contributed by atoms with Gasteiger partial charge >= 0.3 is 0 Å². The molecule has 2 aromatic rings. The maximum atomic E-state index is 6.00. The zero-order valence-corrected chi connectivity index (χ0v) is 12.9. The molecule has 1 saturated carbocycles. The Morgan fingerprint density at radius 1 is 1.55 bits per heavy atom. The summed E-state index contributed by atoms with van der Waals surface area (Å²) in [6, 6.07) is 0. The van der Waals surface area contributed by atoms with E-state index in [0.29, 0.717) is 17.6 Å². The first-order chi connectivity index (χ1) is 9.45. The van der Waals surface area contributed by atoms with Crippen LogP contribution in [0.1, 0.15) is 43.0 Å². The van der Waals surface area contributed by atoms with Crippen molar-refractivity contribution in [2.24, 2.45) is 13.0 Å². The Balaban J connectivity index is 1.61. The molecule has 1 fully saturated rings. The summed E-state index contributed by atoms with van der Waals surface area (Å²) < 4.78 is 6.56. The van der Waals surface area contributed by atoms with Crippen molar-refractivity contribution in [1.82, 2.24) is 19.9 Å². The van der Waals surface area contributed by atoms with E-state index in [1.54, 1.807) is 4.68 Å². The summed E-state index contributed by atoms with van der Waals surface area (Å²) in [4.78, 5) is 4.44. The number of aryl methyl sites for hydroxylation is 2. The largest absolute Gasteiger partial charge is 0.339 e. The van der Waals surface area contributed by atoms with Crippen LogP contribution >= 0.6 is 23.2 Å². The van der Waals surface area contributed by atoms with Crippen LogP contribution in [0.5, 0.6) is 0 Å². The number of hydrogen-bond acceptors (Lipinski definition) is 4. The quantitative estimate of drug-likeness (QED) is 0.796. The molecule has 0 bridgehead atoms. The zero-order valence-electron chi connectivity index (χ0n) is 11.4. The van der Waals surface area contributed by atoms with Crippen LogP contribution in [-0.4, -0.2) is 24.3 Å². The molecule has 0 amide bonds. The van der Waals surface area contributed by atoms with Crippen molar-refractivity contribution in [3.63, 3.8) is 0 Å². The van der Waals surface area contributed by atoms with E-state index in [0.717, 1.165) is 24.8 Å². The Hall–Kier alpha value is -1.07. The van der Waals surface area contributed by atoms with Gasteiger partial charge in [0.2, 0.25) is 5.89 Å². The Kier molecular flexibility index (Phi) is 3.50. The van der Waals surface area contributed by atoms with Gasteiger partial charge in [-0.25, -0.2) is 0 Å². The average molecular weight is 315 g/mol. The second kappa shape index (κ2) is 5.04. The van der Waals surface area contributed by atoms with E-state index >= 15 is 0 Å². The van der Waals surface area contributed by atoms with E-state index in [1.807, 2.05) is 26.4 Å². The summed E-state index contributed by atoms with van der Waals surface area (Å²) in [6.45, 7) is 2.03. The van der Waals surface area contributed by atoms with Crippen LogP contribution in [0, 0.1) is 5.92 Å². The Labute approximate surface area is 127 Å². The number of halogens is 2. The molecule has 0 aliphatic heterocycles. The highest BCUT2D eigenvalue weighted by Crippen LogP contribution is 2.55. The van der Waals surface area contributed by atoms with Crippen molar-refractivity contribution in [3.8, 4) is 0 Å². The standard InChI is InChI=1S/C13H16Cl2N4O/c1-8(9-6-16-19(2)7-9)12-17-11(18-20-12)4-3-10-5-13(10,14)15/h6-8,10H,3-5H2,1-2H3. The predicted octanol–water partition coefficient (Wildman–Crippen LogP) is 3.08. The van der Waals surface area contributed by atoms with Crippen LogP contribution in [-0.2, 0) is 13.5 Å². The fourth-order valence-corrected chi connectivity index (χ4v) is 2.83. The highest BCUT2D eigenvalue weighted by Gasteiger charge is 2.50. The lowest BCUT2D eigenvalue weighted by atomic mass is 10.1. The van der Waals surface area contributed by atoms with Gasteiger partial charge in [0.1, 0.15) is 4.33 Å². The molecule has 2 unspecified atom stereocenters. The van der Waals surface area contributed by atoms with Crippen LogP contribution in [0.15, 0.2) is 16.9 Å². The third-order valence-corrected chi connectivity index (χ3v) is 4.68. The first-order valence-corrected chi connectivity index (χ1v) is 7.40. The number of nitrogens with zero attached hydrogens (tertiary/aromatic N) is 4. The molecule has 20 heavy (non-hydrogen) atoms. The summed E-state index contributed by atoms with van der Waals surface area (Å²) in [7, 11) is 1.88. The molecule has 7 heteroatoms. The van der Waals surface area contributed by atoms with Crippen LogP contribution in [0.4, 0.5) is 0 Å². The second-order valence-corrected chi connectivity index (χ2v) is 6.96. The maximum Gasteiger partial charge on any atom is 0.234 e. The van der Waals surface area contributed by atoms with Gasteiger partial charge in [-0.3, -0.25) is 4.68 Å². The lowest BCUT2D eigenvalue weighted by molar-refractivity contribution is 0.365. The van der Waals surface area contributed by atoms with Gasteiger partial charge in [0.05, 0.1) is 12.1 Å². The summed E-state index contributed by atoms with van der Waals surface area (Å²) in [5.41, 5.74) is 1.06. The van der Waals surface area contributed by atoms with Gasteiger partial charge < -0.3 is 4.52 Å². The third kappa shape index (κ3) is 2.83. The topological polar surface area (TPSA) is 56.7 Å². The smallest absolute Gasteiger partial charge is 0.234 e. The summed E-state index contributed by atoms with van der Waals surface area (Å²) in [6.07, 6.45) is 6.26. The first kappa shape index (κ1) is 13.9. The van der Waals surface area contributed by atoms with Crippen molar-refractivity contribution >= 4 is 23.2 Å². The van der Waals surface area contributed by atoms with E-state index in [9.17, 15) is 0 Å². The SMILES string of the molecule is CC(c1cnn(C)c1)c1nc(CCC2CC2(Cl)Cl)no1. The molecule has 0 spiro atoms. The number of rotatable bonds is 5. The first-order valence-electron chi connectivity index (χ1n) is 6.64. The fraction of sp³-hybridized carbons (Fsp3) is 0.615. The highest BCUT2D eigenvalue weighted by atomic mass is 35.5. The number of aromatic nitrogens is 4. The van der Waals surface area contributed by atoms with Crippen molar-refractivity contribution in [2.45, 2.75) is 36.4 Å². The summed E-state index contributed by atoms with van der Waals surface area (Å²) >= 11 is 12.0. The molecule has 3 rings (SSSR count). The minimum absolute atomic E-state index is 0.0472. The minimum atomic E-state index is -0.532. The molecule has 0 N–H and O–H groups in total. The molecule has 108 valence electrons. The minimum Gasteiger partial charge on any atom is -0.339 e. The Morgan fingerprint density at radius 2 is 2.30 bits per heavy atom. The molecule has 0 aromatic carbocycles. The van der Waals surface area contributed by atoms with E-state index < -0.39 is 4.33 Å². The molecular formula is C13H16Cl2N4O. The average Bonchev–Trinajstić information content (AvgIpc) is 2.80. The van der Waals surface area contributed by atoms with E-state index in [1.165, 1.54) is 0 Å². The van der Waals surface area contributed by atoms with E-state index in [-0.39, 0.29) is 5.92 Å². The molecule has 5 nitrogen and oxygen atoms in total. The van der Waals surface area contributed by atoms with Crippen molar-refractivity contribution in [3.05, 3.63) is 29.7 Å². The Morgan fingerprint density at radius 3 is 2.90 bits per heavy atom. The molecule has 2 heterocycles.